The van der Waals surface area contributed by atoms with Crippen molar-refractivity contribution in [3.63, 3.8) is 0 Å². The summed E-state index contributed by atoms with van der Waals surface area (Å²) in [6.07, 6.45) is 0.531. The fourth-order valence-electron chi connectivity index (χ4n) is 2.42. The molecule has 5 nitrogen and oxygen atoms in total. The van der Waals surface area contributed by atoms with Crippen LogP contribution in [0.4, 0.5) is 10.5 Å². The number of carbonyl (C=O) groups is 1. The first kappa shape index (κ1) is 18.0. The van der Waals surface area contributed by atoms with Crippen LogP contribution in [0, 0.1) is 0 Å². The van der Waals surface area contributed by atoms with Crippen molar-refractivity contribution in [1.82, 2.24) is 5.32 Å². The third-order valence-electron chi connectivity index (χ3n) is 3.85. The van der Waals surface area contributed by atoms with Crippen LogP contribution in [0.15, 0.2) is 54.6 Å². The van der Waals surface area contributed by atoms with Gasteiger partial charge in [-0.2, -0.15) is 0 Å². The number of aliphatic hydroxyl groups excluding tert-OH is 1. The first-order valence-corrected chi connectivity index (χ1v) is 7.97. The molecule has 2 aromatic rings. The first-order valence-electron chi connectivity index (χ1n) is 7.97. The molecule has 0 radical (unpaired) electrons. The van der Waals surface area contributed by atoms with Crippen LogP contribution < -0.4 is 10.6 Å². The maximum Gasteiger partial charge on any atom is 0.319 e. The van der Waals surface area contributed by atoms with Crippen molar-refractivity contribution in [3.8, 4) is 0 Å². The monoisotopic (exact) mass is 328 g/mol. The van der Waals surface area contributed by atoms with Crippen molar-refractivity contribution < 1.29 is 14.6 Å². The van der Waals surface area contributed by atoms with Gasteiger partial charge in [0.25, 0.3) is 0 Å². The molecule has 0 aliphatic rings. The van der Waals surface area contributed by atoms with E-state index in [1.165, 1.54) is 0 Å². The van der Waals surface area contributed by atoms with E-state index >= 15 is 0 Å². The Balaban J connectivity index is 1.94. The van der Waals surface area contributed by atoms with E-state index in [4.69, 9.17) is 4.74 Å². The quantitative estimate of drug-likeness (QED) is 0.731. The lowest BCUT2D eigenvalue weighted by Gasteiger charge is -2.17. The van der Waals surface area contributed by atoms with E-state index in [1.54, 1.807) is 7.11 Å². The number of amides is 2. The molecule has 0 bridgehead atoms. The summed E-state index contributed by atoms with van der Waals surface area (Å²) in [7, 11) is 1.65. The second-order valence-electron chi connectivity index (χ2n) is 5.67. The number of rotatable bonds is 7. The number of anilines is 1. The summed E-state index contributed by atoms with van der Waals surface area (Å²) in [5.41, 5.74) is 2.73. The van der Waals surface area contributed by atoms with Gasteiger partial charge in [0.2, 0.25) is 0 Å². The second kappa shape index (κ2) is 9.05. The Labute approximate surface area is 142 Å². The van der Waals surface area contributed by atoms with Gasteiger partial charge >= 0.3 is 6.03 Å². The van der Waals surface area contributed by atoms with Gasteiger partial charge < -0.3 is 20.5 Å². The van der Waals surface area contributed by atoms with Gasteiger partial charge in [-0.3, -0.25) is 0 Å². The molecule has 0 aromatic heterocycles. The summed E-state index contributed by atoms with van der Waals surface area (Å²) in [5.74, 6) is 0. The Hall–Kier alpha value is -2.37. The van der Waals surface area contributed by atoms with Gasteiger partial charge in [-0.1, -0.05) is 42.5 Å². The van der Waals surface area contributed by atoms with E-state index < -0.39 is 0 Å². The number of methoxy groups -OCH3 is 1. The van der Waals surface area contributed by atoms with Crippen molar-refractivity contribution >= 4 is 11.7 Å². The molecule has 0 saturated heterocycles. The Morgan fingerprint density at radius 1 is 1.17 bits per heavy atom. The molecule has 0 fully saturated rings. The van der Waals surface area contributed by atoms with Crippen LogP contribution in [0.2, 0.25) is 0 Å². The van der Waals surface area contributed by atoms with Crippen molar-refractivity contribution in [2.45, 2.75) is 25.5 Å². The molecule has 0 heterocycles. The van der Waals surface area contributed by atoms with Crippen molar-refractivity contribution in [3.05, 3.63) is 65.7 Å². The molecule has 0 aliphatic heterocycles. The van der Waals surface area contributed by atoms with Crippen molar-refractivity contribution in [1.29, 1.82) is 0 Å². The largest absolute Gasteiger partial charge is 0.394 e. The van der Waals surface area contributed by atoms with Crippen LogP contribution in [-0.2, 0) is 11.2 Å². The molecule has 0 spiro atoms. The fraction of sp³-hybridized carbons (Fsp3) is 0.316. The highest BCUT2D eigenvalue weighted by Gasteiger charge is 2.13. The van der Waals surface area contributed by atoms with E-state index in [-0.39, 0.29) is 24.8 Å². The number of benzene rings is 2. The molecule has 2 atom stereocenters. The van der Waals surface area contributed by atoms with Gasteiger partial charge in [-0.15, -0.1) is 0 Å². The summed E-state index contributed by atoms with van der Waals surface area (Å²) in [6, 6.07) is 16.6. The Morgan fingerprint density at radius 3 is 2.58 bits per heavy atom. The smallest absolute Gasteiger partial charge is 0.319 e. The lowest BCUT2D eigenvalue weighted by Crippen LogP contribution is -2.41. The van der Waals surface area contributed by atoms with Gasteiger partial charge in [-0.05, 0) is 36.6 Å². The molecule has 5 heteroatoms. The standard InChI is InChI=1S/C19H24N2O3/c1-14(24-2)16-9-6-10-17(12-16)20-19(23)21-18(13-22)11-15-7-4-3-5-8-15/h3-10,12,14,18,22H,11,13H2,1-2H3,(H2,20,21,23)/t14-,18+/m0/s1. The third kappa shape index (κ3) is 5.37. The lowest BCUT2D eigenvalue weighted by atomic mass is 10.1. The molecular weight excluding hydrogens is 304 g/mol. The zero-order chi connectivity index (χ0) is 17.4. The molecular formula is C19H24N2O3. The number of carbonyl (C=O) groups excluding carboxylic acids is 1. The molecule has 24 heavy (non-hydrogen) atoms. The van der Waals surface area contributed by atoms with E-state index in [2.05, 4.69) is 10.6 Å². The minimum absolute atomic E-state index is 0.0434. The van der Waals surface area contributed by atoms with Gasteiger partial charge in [0.15, 0.2) is 0 Å². The summed E-state index contributed by atoms with van der Waals surface area (Å²) in [6.45, 7) is 1.82. The van der Waals surface area contributed by atoms with Crippen LogP contribution in [-0.4, -0.2) is 30.9 Å². The third-order valence-corrected chi connectivity index (χ3v) is 3.85. The number of hydrogen-bond acceptors (Lipinski definition) is 3. The van der Waals surface area contributed by atoms with E-state index in [1.807, 2.05) is 61.5 Å². The molecule has 2 aromatic carbocycles. The van der Waals surface area contributed by atoms with Crippen LogP contribution in [0.1, 0.15) is 24.2 Å². The average molecular weight is 328 g/mol. The Bertz CT molecular complexity index is 646. The minimum Gasteiger partial charge on any atom is -0.394 e. The number of nitrogens with one attached hydrogen (secondary N) is 2. The zero-order valence-corrected chi connectivity index (χ0v) is 14.0. The number of aliphatic hydroxyl groups is 1. The van der Waals surface area contributed by atoms with Crippen molar-refractivity contribution in [2.24, 2.45) is 0 Å². The normalized spacial score (nSPS) is 13.1. The maximum atomic E-state index is 12.2. The highest BCUT2D eigenvalue weighted by atomic mass is 16.5. The fourth-order valence-corrected chi connectivity index (χ4v) is 2.42. The lowest BCUT2D eigenvalue weighted by molar-refractivity contribution is 0.119. The van der Waals surface area contributed by atoms with Crippen LogP contribution in [0.5, 0.6) is 0 Å². The van der Waals surface area contributed by atoms with E-state index in [0.29, 0.717) is 12.1 Å². The molecule has 0 aliphatic carbocycles. The summed E-state index contributed by atoms with van der Waals surface area (Å²) >= 11 is 0. The average Bonchev–Trinajstić information content (AvgIpc) is 2.61. The van der Waals surface area contributed by atoms with Gasteiger partial charge in [-0.25, -0.2) is 4.79 Å². The van der Waals surface area contributed by atoms with E-state index in [0.717, 1.165) is 11.1 Å². The summed E-state index contributed by atoms with van der Waals surface area (Å²) in [5, 5.41) is 15.1. The van der Waals surface area contributed by atoms with Gasteiger partial charge in [0, 0.05) is 12.8 Å². The van der Waals surface area contributed by atoms with Gasteiger partial charge in [0.1, 0.15) is 0 Å². The van der Waals surface area contributed by atoms with Gasteiger partial charge in [0.05, 0.1) is 18.8 Å². The molecule has 0 saturated carbocycles. The van der Waals surface area contributed by atoms with E-state index in [9.17, 15) is 9.90 Å². The number of hydrogen-bond donors (Lipinski definition) is 3. The Morgan fingerprint density at radius 2 is 1.92 bits per heavy atom. The predicted molar refractivity (Wildman–Crippen MR) is 95.0 cm³/mol. The SMILES string of the molecule is CO[C@@H](C)c1cccc(NC(=O)N[C@@H](CO)Cc2ccccc2)c1. The van der Waals surface area contributed by atoms with Crippen molar-refractivity contribution in [2.75, 3.05) is 19.0 Å². The highest BCUT2D eigenvalue weighted by molar-refractivity contribution is 5.89. The number of urea groups is 1. The first-order chi connectivity index (χ1) is 11.6. The van der Waals surface area contributed by atoms with Crippen LogP contribution >= 0.6 is 0 Å². The zero-order valence-electron chi connectivity index (χ0n) is 14.0. The Kier molecular flexibility index (Phi) is 6.78. The maximum absolute atomic E-state index is 12.2. The van der Waals surface area contributed by atoms with Crippen LogP contribution in [0.3, 0.4) is 0 Å². The highest BCUT2D eigenvalue weighted by Crippen LogP contribution is 2.19. The summed E-state index contributed by atoms with van der Waals surface area (Å²) < 4.78 is 5.28. The second-order valence-corrected chi connectivity index (χ2v) is 5.67. The molecule has 128 valence electrons. The predicted octanol–water partition coefficient (Wildman–Crippen LogP) is 3.12. The molecule has 3 N–H and O–H groups in total. The minimum atomic E-state index is -0.341. The topological polar surface area (TPSA) is 70.6 Å². The molecule has 2 rings (SSSR count). The summed E-state index contributed by atoms with van der Waals surface area (Å²) in [4.78, 5) is 12.2. The molecule has 2 amide bonds. The van der Waals surface area contributed by atoms with Crippen LogP contribution in [0.25, 0.3) is 0 Å². The number of ether oxygens (including phenoxy) is 1. The molecule has 0 unspecified atom stereocenters.